The van der Waals surface area contributed by atoms with Crippen LogP contribution in [0, 0.1) is 0 Å². The van der Waals surface area contributed by atoms with Crippen molar-refractivity contribution in [3.8, 4) is 0 Å². The number of nitrogens with two attached hydrogens (primary N) is 1. The maximum atomic E-state index is 10.8. The van der Waals surface area contributed by atoms with Crippen molar-refractivity contribution in [1.82, 2.24) is 0 Å². The monoisotopic (exact) mass is 227 g/mol. The molecular weight excluding hydrogens is 202 g/mol. The van der Waals surface area contributed by atoms with Crippen molar-refractivity contribution in [2.75, 3.05) is 0 Å². The number of hydrogen-bond donors (Lipinski definition) is 1. The summed E-state index contributed by atoms with van der Waals surface area (Å²) < 4.78 is 4.59. The molecule has 0 atom stereocenters. The summed E-state index contributed by atoms with van der Waals surface area (Å²) in [5.74, 6) is -0.162. The first-order valence-electron chi connectivity index (χ1n) is 5.85. The molecule has 0 saturated carbocycles. The van der Waals surface area contributed by atoms with Crippen LogP contribution in [0.1, 0.15) is 51.9 Å². The average molecular weight is 227 g/mol. The van der Waals surface area contributed by atoms with Gasteiger partial charge in [-0.25, -0.2) is 0 Å². The first-order chi connectivity index (χ1) is 7.72. The lowest BCUT2D eigenvalue weighted by atomic mass is 10.1. The van der Waals surface area contributed by atoms with Crippen LogP contribution in [-0.2, 0) is 9.53 Å². The van der Waals surface area contributed by atoms with E-state index in [9.17, 15) is 4.79 Å². The van der Waals surface area contributed by atoms with E-state index < -0.39 is 0 Å². The molecule has 94 valence electrons. The second kappa shape index (κ2) is 16.2. The van der Waals surface area contributed by atoms with Gasteiger partial charge in [0, 0.05) is 6.42 Å². The molecule has 3 heteroatoms. The summed E-state index contributed by atoms with van der Waals surface area (Å²) in [6.45, 7) is 8.66. The van der Waals surface area contributed by atoms with E-state index in [0.29, 0.717) is 6.42 Å². The zero-order valence-corrected chi connectivity index (χ0v) is 10.4. The smallest absolute Gasteiger partial charge is 0.310 e. The lowest BCUT2D eigenvalue weighted by Gasteiger charge is -1.99. The highest BCUT2D eigenvalue weighted by Gasteiger charge is 1.99. The Bertz CT molecular complexity index is 179. The standard InChI is InChI=1S/C11H20O2.C2H5N/c1-3-5-6-7-8-9-10-11(12)13-4-2;1-2-3/h4H,2-3,5-10H2,1H3;2H,1,3H2. The maximum absolute atomic E-state index is 10.8. The number of carbonyl (C=O) groups excluding carboxylic acids is 1. The predicted octanol–water partition coefficient (Wildman–Crippen LogP) is 3.51. The highest BCUT2D eigenvalue weighted by atomic mass is 16.5. The minimum atomic E-state index is -0.162. The van der Waals surface area contributed by atoms with Gasteiger partial charge in [-0.15, -0.1) is 0 Å². The molecule has 2 N–H and O–H groups in total. The summed E-state index contributed by atoms with van der Waals surface area (Å²) in [5.41, 5.74) is 4.61. The highest BCUT2D eigenvalue weighted by molar-refractivity contribution is 5.69. The van der Waals surface area contributed by atoms with Gasteiger partial charge in [0.15, 0.2) is 0 Å². The second-order valence-corrected chi connectivity index (χ2v) is 3.41. The summed E-state index contributed by atoms with van der Waals surface area (Å²) >= 11 is 0. The van der Waals surface area contributed by atoms with E-state index >= 15 is 0 Å². The van der Waals surface area contributed by atoms with Crippen molar-refractivity contribution in [1.29, 1.82) is 0 Å². The largest absolute Gasteiger partial charge is 0.435 e. The van der Waals surface area contributed by atoms with Crippen molar-refractivity contribution in [3.05, 3.63) is 25.6 Å². The highest BCUT2D eigenvalue weighted by Crippen LogP contribution is 2.07. The molecule has 0 unspecified atom stereocenters. The van der Waals surface area contributed by atoms with Crippen LogP contribution in [0.15, 0.2) is 25.6 Å². The van der Waals surface area contributed by atoms with Crippen LogP contribution < -0.4 is 5.73 Å². The molecule has 0 amide bonds. The molecule has 0 aromatic carbocycles. The molecule has 0 heterocycles. The van der Waals surface area contributed by atoms with Gasteiger partial charge in [-0.2, -0.15) is 0 Å². The van der Waals surface area contributed by atoms with E-state index in [1.54, 1.807) is 0 Å². The molecule has 16 heavy (non-hydrogen) atoms. The van der Waals surface area contributed by atoms with Crippen molar-refractivity contribution < 1.29 is 9.53 Å². The number of esters is 1. The molecule has 0 aliphatic rings. The Morgan fingerprint density at radius 1 is 1.19 bits per heavy atom. The zero-order chi connectivity index (χ0) is 12.6. The normalized spacial score (nSPS) is 8.56. The van der Waals surface area contributed by atoms with E-state index in [2.05, 4.69) is 30.6 Å². The third-order valence-electron chi connectivity index (χ3n) is 1.95. The van der Waals surface area contributed by atoms with Crippen LogP contribution >= 0.6 is 0 Å². The molecule has 0 bridgehead atoms. The van der Waals surface area contributed by atoms with E-state index in [4.69, 9.17) is 0 Å². The maximum Gasteiger partial charge on any atom is 0.310 e. The van der Waals surface area contributed by atoms with Gasteiger partial charge in [0.05, 0.1) is 6.26 Å². The summed E-state index contributed by atoms with van der Waals surface area (Å²) in [5, 5.41) is 0. The SMILES string of the molecule is C=CN.C=COC(=O)CCCCCCCC. The van der Waals surface area contributed by atoms with Gasteiger partial charge in [-0.3, -0.25) is 4.79 Å². The van der Waals surface area contributed by atoms with Crippen LogP contribution in [0.2, 0.25) is 0 Å². The topological polar surface area (TPSA) is 52.3 Å². The fourth-order valence-electron chi connectivity index (χ4n) is 1.20. The van der Waals surface area contributed by atoms with Crippen molar-refractivity contribution in [3.63, 3.8) is 0 Å². The minimum Gasteiger partial charge on any atom is -0.435 e. The second-order valence-electron chi connectivity index (χ2n) is 3.41. The van der Waals surface area contributed by atoms with Gasteiger partial charge < -0.3 is 10.5 Å². The number of rotatable bonds is 8. The number of hydrogen-bond acceptors (Lipinski definition) is 3. The molecule has 0 radical (unpaired) electrons. The molecule has 0 saturated heterocycles. The van der Waals surface area contributed by atoms with Crippen LogP contribution in [0.25, 0.3) is 0 Å². The molecule has 0 spiro atoms. The van der Waals surface area contributed by atoms with Gasteiger partial charge >= 0.3 is 5.97 Å². The molecule has 0 aromatic rings. The van der Waals surface area contributed by atoms with Crippen LogP contribution in [0.4, 0.5) is 0 Å². The quantitative estimate of drug-likeness (QED) is 0.392. The van der Waals surface area contributed by atoms with Crippen LogP contribution in [-0.4, -0.2) is 5.97 Å². The lowest BCUT2D eigenvalue weighted by molar-refractivity contribution is -0.138. The lowest BCUT2D eigenvalue weighted by Crippen LogP contribution is -1.98. The minimum absolute atomic E-state index is 0.162. The fourth-order valence-corrected chi connectivity index (χ4v) is 1.20. The van der Waals surface area contributed by atoms with Crippen molar-refractivity contribution in [2.45, 2.75) is 51.9 Å². The summed E-state index contributed by atoms with van der Waals surface area (Å²) in [4.78, 5) is 10.8. The number of ether oxygens (including phenoxy) is 1. The average Bonchev–Trinajstić information content (AvgIpc) is 2.25. The molecular formula is C13H25NO2. The van der Waals surface area contributed by atoms with E-state index in [1.165, 1.54) is 38.1 Å². The Hall–Kier alpha value is -1.25. The molecule has 0 aliphatic heterocycles. The first-order valence-corrected chi connectivity index (χ1v) is 5.85. The summed E-state index contributed by atoms with van der Waals surface area (Å²) in [6.07, 6.45) is 10.1. The van der Waals surface area contributed by atoms with Crippen molar-refractivity contribution in [2.24, 2.45) is 5.73 Å². The molecule has 0 fully saturated rings. The molecule has 0 aromatic heterocycles. The zero-order valence-electron chi connectivity index (χ0n) is 10.4. The Labute approximate surface area is 99.4 Å². The van der Waals surface area contributed by atoms with Gasteiger partial charge in [0.2, 0.25) is 0 Å². The third kappa shape index (κ3) is 18.5. The van der Waals surface area contributed by atoms with Gasteiger partial charge in [-0.1, -0.05) is 52.2 Å². The van der Waals surface area contributed by atoms with E-state index in [1.807, 2.05) is 0 Å². The van der Waals surface area contributed by atoms with E-state index in [0.717, 1.165) is 12.8 Å². The molecule has 3 nitrogen and oxygen atoms in total. The summed E-state index contributed by atoms with van der Waals surface area (Å²) in [7, 11) is 0. The third-order valence-corrected chi connectivity index (χ3v) is 1.95. The molecule has 0 aliphatic carbocycles. The Kier molecular flexibility index (Phi) is 17.4. The van der Waals surface area contributed by atoms with Crippen LogP contribution in [0.3, 0.4) is 0 Å². The Morgan fingerprint density at radius 2 is 1.69 bits per heavy atom. The van der Waals surface area contributed by atoms with E-state index in [-0.39, 0.29) is 5.97 Å². The van der Waals surface area contributed by atoms with Crippen LogP contribution in [0.5, 0.6) is 0 Å². The summed E-state index contributed by atoms with van der Waals surface area (Å²) in [6, 6.07) is 0. The predicted molar refractivity (Wildman–Crippen MR) is 68.7 cm³/mol. The Morgan fingerprint density at radius 3 is 2.19 bits per heavy atom. The Balaban J connectivity index is 0. The van der Waals surface area contributed by atoms with Gasteiger partial charge in [0.1, 0.15) is 0 Å². The fraction of sp³-hybridized carbons (Fsp3) is 0.615. The number of unbranched alkanes of at least 4 members (excludes halogenated alkanes) is 5. The number of carbonyl (C=O) groups is 1. The molecule has 0 rings (SSSR count). The first kappa shape index (κ1) is 17.2. The van der Waals surface area contributed by atoms with Crippen molar-refractivity contribution >= 4 is 5.97 Å². The van der Waals surface area contributed by atoms with Gasteiger partial charge in [-0.05, 0) is 12.6 Å². The van der Waals surface area contributed by atoms with Gasteiger partial charge in [0.25, 0.3) is 0 Å².